The highest BCUT2D eigenvalue weighted by Crippen LogP contribution is 2.27. The van der Waals surface area contributed by atoms with Gasteiger partial charge in [0.15, 0.2) is 0 Å². The number of rotatable bonds is 4. The molecule has 1 heterocycles. The first-order valence-corrected chi connectivity index (χ1v) is 6.46. The molecule has 0 aliphatic rings. The molecule has 0 spiro atoms. The third-order valence-corrected chi connectivity index (χ3v) is 3.64. The SMILES string of the molecule is Cc1occc1C(Cc1c(F)ccc(Br)c1F)NN. The maximum Gasteiger partial charge on any atom is 0.143 e. The van der Waals surface area contributed by atoms with Gasteiger partial charge in [-0.2, -0.15) is 0 Å². The van der Waals surface area contributed by atoms with Gasteiger partial charge in [0, 0.05) is 11.1 Å². The average Bonchev–Trinajstić information content (AvgIpc) is 2.81. The van der Waals surface area contributed by atoms with Gasteiger partial charge >= 0.3 is 0 Å². The van der Waals surface area contributed by atoms with E-state index < -0.39 is 17.7 Å². The Balaban J connectivity index is 2.34. The molecule has 0 aliphatic heterocycles. The van der Waals surface area contributed by atoms with E-state index in [0.29, 0.717) is 5.76 Å². The van der Waals surface area contributed by atoms with E-state index in [1.807, 2.05) is 0 Å². The summed E-state index contributed by atoms with van der Waals surface area (Å²) >= 11 is 3.04. The third kappa shape index (κ3) is 2.86. The first-order chi connectivity index (χ1) is 9.04. The highest BCUT2D eigenvalue weighted by molar-refractivity contribution is 9.10. The zero-order chi connectivity index (χ0) is 14.0. The third-order valence-electron chi connectivity index (χ3n) is 3.02. The van der Waals surface area contributed by atoms with Crippen molar-refractivity contribution >= 4 is 15.9 Å². The quantitative estimate of drug-likeness (QED) is 0.513. The molecule has 3 nitrogen and oxygen atoms in total. The van der Waals surface area contributed by atoms with E-state index >= 15 is 0 Å². The Labute approximate surface area is 117 Å². The van der Waals surface area contributed by atoms with Crippen molar-refractivity contribution in [2.45, 2.75) is 19.4 Å². The summed E-state index contributed by atoms with van der Waals surface area (Å²) in [5.41, 5.74) is 3.32. The van der Waals surface area contributed by atoms with Crippen LogP contribution in [-0.4, -0.2) is 0 Å². The van der Waals surface area contributed by atoms with E-state index in [1.54, 1.807) is 13.0 Å². The number of nitrogens with two attached hydrogens (primary N) is 1. The Morgan fingerprint density at radius 3 is 2.68 bits per heavy atom. The Hall–Kier alpha value is -1.24. The van der Waals surface area contributed by atoms with Gasteiger partial charge in [0.2, 0.25) is 0 Å². The minimum Gasteiger partial charge on any atom is -0.469 e. The first kappa shape index (κ1) is 14.2. The molecule has 19 heavy (non-hydrogen) atoms. The van der Waals surface area contributed by atoms with Crippen LogP contribution in [0.25, 0.3) is 0 Å². The van der Waals surface area contributed by atoms with Crippen LogP contribution in [0.5, 0.6) is 0 Å². The van der Waals surface area contributed by atoms with Gasteiger partial charge in [0.1, 0.15) is 17.4 Å². The normalized spacial score (nSPS) is 12.7. The zero-order valence-electron chi connectivity index (χ0n) is 10.2. The highest BCUT2D eigenvalue weighted by atomic mass is 79.9. The lowest BCUT2D eigenvalue weighted by molar-refractivity contribution is 0.480. The van der Waals surface area contributed by atoms with Gasteiger partial charge in [-0.15, -0.1) is 0 Å². The predicted molar refractivity (Wildman–Crippen MR) is 71.3 cm³/mol. The maximum absolute atomic E-state index is 13.9. The number of hydrogen-bond donors (Lipinski definition) is 2. The largest absolute Gasteiger partial charge is 0.469 e. The van der Waals surface area contributed by atoms with Crippen molar-refractivity contribution in [2.75, 3.05) is 0 Å². The summed E-state index contributed by atoms with van der Waals surface area (Å²) in [6.07, 6.45) is 1.61. The molecule has 0 fully saturated rings. The topological polar surface area (TPSA) is 51.2 Å². The van der Waals surface area contributed by atoms with E-state index in [-0.39, 0.29) is 16.5 Å². The van der Waals surface area contributed by atoms with Crippen molar-refractivity contribution in [1.29, 1.82) is 0 Å². The summed E-state index contributed by atoms with van der Waals surface area (Å²) in [7, 11) is 0. The first-order valence-electron chi connectivity index (χ1n) is 5.67. The molecule has 0 amide bonds. The average molecular weight is 331 g/mol. The van der Waals surface area contributed by atoms with Crippen molar-refractivity contribution < 1.29 is 13.2 Å². The molecule has 0 aliphatic carbocycles. The van der Waals surface area contributed by atoms with Crippen LogP contribution < -0.4 is 11.3 Å². The van der Waals surface area contributed by atoms with Crippen molar-refractivity contribution in [3.8, 4) is 0 Å². The van der Waals surface area contributed by atoms with E-state index in [4.69, 9.17) is 10.3 Å². The minimum atomic E-state index is -0.610. The second kappa shape index (κ2) is 5.81. The van der Waals surface area contributed by atoms with E-state index in [1.165, 1.54) is 18.4 Å². The number of halogens is 3. The van der Waals surface area contributed by atoms with Crippen LogP contribution in [0.15, 0.2) is 33.4 Å². The summed E-state index contributed by atoms with van der Waals surface area (Å²) in [6, 6.07) is 3.87. The summed E-state index contributed by atoms with van der Waals surface area (Å²) in [4.78, 5) is 0. The van der Waals surface area contributed by atoms with Crippen LogP contribution >= 0.6 is 15.9 Å². The van der Waals surface area contributed by atoms with Gasteiger partial charge in [-0.3, -0.25) is 11.3 Å². The molecular weight excluding hydrogens is 318 g/mol. The summed E-state index contributed by atoms with van der Waals surface area (Å²) in [5.74, 6) is 4.93. The second-order valence-corrected chi connectivity index (χ2v) is 5.03. The minimum absolute atomic E-state index is 0.0158. The fourth-order valence-electron chi connectivity index (χ4n) is 1.98. The molecule has 0 radical (unpaired) electrons. The molecule has 102 valence electrons. The van der Waals surface area contributed by atoms with E-state index in [2.05, 4.69) is 21.4 Å². The van der Waals surface area contributed by atoms with Crippen molar-refractivity contribution in [3.05, 3.63) is 57.5 Å². The molecule has 2 aromatic rings. The molecule has 1 aromatic carbocycles. The van der Waals surface area contributed by atoms with Gasteiger partial charge in [-0.05, 0) is 47.5 Å². The number of hydrogen-bond acceptors (Lipinski definition) is 3. The van der Waals surface area contributed by atoms with Gasteiger partial charge in [0.25, 0.3) is 0 Å². The van der Waals surface area contributed by atoms with Crippen LogP contribution in [0.4, 0.5) is 8.78 Å². The molecule has 0 saturated heterocycles. The monoisotopic (exact) mass is 330 g/mol. The molecule has 1 aromatic heterocycles. The Morgan fingerprint density at radius 2 is 2.11 bits per heavy atom. The van der Waals surface area contributed by atoms with Crippen LogP contribution in [0.3, 0.4) is 0 Å². The molecule has 6 heteroatoms. The lowest BCUT2D eigenvalue weighted by Crippen LogP contribution is -2.30. The lowest BCUT2D eigenvalue weighted by Gasteiger charge is -2.16. The smallest absolute Gasteiger partial charge is 0.143 e. The fourth-order valence-corrected chi connectivity index (χ4v) is 2.35. The van der Waals surface area contributed by atoms with Crippen molar-refractivity contribution in [1.82, 2.24) is 5.43 Å². The number of furan rings is 1. The summed E-state index contributed by atoms with van der Waals surface area (Å²) < 4.78 is 33.0. The van der Waals surface area contributed by atoms with Crippen LogP contribution in [0.1, 0.15) is 22.9 Å². The Morgan fingerprint density at radius 1 is 1.37 bits per heavy atom. The lowest BCUT2D eigenvalue weighted by atomic mass is 9.99. The fraction of sp³-hybridized carbons (Fsp3) is 0.231. The van der Waals surface area contributed by atoms with Crippen LogP contribution in [-0.2, 0) is 6.42 Å². The standard InChI is InChI=1S/C13H13BrF2N2O/c1-7-8(4-5-19-7)12(18-17)6-9-11(15)3-2-10(14)13(9)16/h2-5,12,18H,6,17H2,1H3. The van der Waals surface area contributed by atoms with Crippen LogP contribution in [0.2, 0.25) is 0 Å². The molecule has 3 N–H and O–H groups in total. The summed E-state index contributed by atoms with van der Waals surface area (Å²) in [5, 5.41) is 0. The molecule has 0 saturated carbocycles. The van der Waals surface area contributed by atoms with Gasteiger partial charge in [0.05, 0.1) is 16.8 Å². The molecule has 2 rings (SSSR count). The van der Waals surface area contributed by atoms with E-state index in [0.717, 1.165) is 5.56 Å². The molecule has 0 bridgehead atoms. The maximum atomic E-state index is 13.9. The Kier molecular flexibility index (Phi) is 4.34. The number of nitrogens with one attached hydrogen (secondary N) is 1. The van der Waals surface area contributed by atoms with E-state index in [9.17, 15) is 8.78 Å². The van der Waals surface area contributed by atoms with Gasteiger partial charge in [-0.25, -0.2) is 8.78 Å². The Bertz CT molecular complexity index is 586. The van der Waals surface area contributed by atoms with Crippen molar-refractivity contribution in [3.63, 3.8) is 0 Å². The predicted octanol–water partition coefficient (Wildman–Crippen LogP) is 3.38. The zero-order valence-corrected chi connectivity index (χ0v) is 11.8. The molecular formula is C13H13BrF2N2O. The number of aryl methyl sites for hydroxylation is 1. The highest BCUT2D eigenvalue weighted by Gasteiger charge is 2.20. The second-order valence-electron chi connectivity index (χ2n) is 4.18. The molecule has 1 atom stereocenters. The van der Waals surface area contributed by atoms with Gasteiger partial charge < -0.3 is 4.42 Å². The van der Waals surface area contributed by atoms with Gasteiger partial charge in [-0.1, -0.05) is 0 Å². The number of benzene rings is 1. The van der Waals surface area contributed by atoms with Crippen LogP contribution in [0, 0.1) is 18.6 Å². The van der Waals surface area contributed by atoms with Crippen molar-refractivity contribution in [2.24, 2.45) is 5.84 Å². The molecule has 1 unspecified atom stereocenters. The number of hydrazine groups is 1. The summed E-state index contributed by atoms with van der Waals surface area (Å²) in [6.45, 7) is 1.77.